The van der Waals surface area contributed by atoms with Crippen LogP contribution in [0.3, 0.4) is 0 Å². The van der Waals surface area contributed by atoms with Gasteiger partial charge in [0.05, 0.1) is 18.5 Å². The number of hydrogen-bond acceptors (Lipinski definition) is 4. The molecule has 3 N–H and O–H groups in total. The Morgan fingerprint density at radius 3 is 2.83 bits per heavy atom. The average Bonchev–Trinajstić information content (AvgIpc) is 2.56. The lowest BCUT2D eigenvalue weighted by Crippen LogP contribution is -2.20. The molecule has 0 saturated heterocycles. The van der Waals surface area contributed by atoms with Gasteiger partial charge in [-0.15, -0.1) is 0 Å². The lowest BCUT2D eigenvalue weighted by molar-refractivity contribution is -0.115. The molecule has 4 nitrogen and oxygen atoms in total. The van der Waals surface area contributed by atoms with Gasteiger partial charge < -0.3 is 15.8 Å². The van der Waals surface area contributed by atoms with Gasteiger partial charge in [0, 0.05) is 18.2 Å². The predicted octanol–water partition coefficient (Wildman–Crippen LogP) is 3.79. The number of anilines is 2. The van der Waals surface area contributed by atoms with Crippen LogP contribution in [-0.4, -0.2) is 12.9 Å². The first-order valence-corrected chi connectivity index (χ1v) is 7.95. The molecule has 0 heterocycles. The second-order valence-electron chi connectivity index (χ2n) is 6.02. The van der Waals surface area contributed by atoms with Crippen LogP contribution in [0.2, 0.25) is 0 Å². The van der Waals surface area contributed by atoms with E-state index in [1.54, 1.807) is 13.2 Å². The van der Waals surface area contributed by atoms with Crippen LogP contribution in [0.25, 0.3) is 0 Å². The molecule has 0 amide bonds. The zero-order valence-electron chi connectivity index (χ0n) is 13.3. The standard InChI is InChI=1S/C19H22N2O2/c1-23-17-6-4-5-13(11-17)14-9-15(12-16(22)10-14)21-19-8-3-2-7-18(19)20/h2-3,6-8,11-12,14,21H,4-5,9-10,20H2,1H3. The summed E-state index contributed by atoms with van der Waals surface area (Å²) in [6, 6.07) is 7.61. The summed E-state index contributed by atoms with van der Waals surface area (Å²) in [7, 11) is 1.68. The van der Waals surface area contributed by atoms with E-state index in [1.165, 1.54) is 5.57 Å². The van der Waals surface area contributed by atoms with Gasteiger partial charge in [-0.3, -0.25) is 4.79 Å². The number of rotatable bonds is 4. The van der Waals surface area contributed by atoms with Crippen molar-refractivity contribution in [1.29, 1.82) is 0 Å². The van der Waals surface area contributed by atoms with E-state index in [1.807, 2.05) is 24.3 Å². The maximum Gasteiger partial charge on any atom is 0.158 e. The quantitative estimate of drug-likeness (QED) is 0.830. The summed E-state index contributed by atoms with van der Waals surface area (Å²) in [4.78, 5) is 12.1. The van der Waals surface area contributed by atoms with Crippen LogP contribution in [0.5, 0.6) is 0 Å². The smallest absolute Gasteiger partial charge is 0.158 e. The zero-order chi connectivity index (χ0) is 16.2. The lowest BCUT2D eigenvalue weighted by Gasteiger charge is -2.27. The molecule has 0 spiro atoms. The number of carbonyl (C=O) groups excluding carboxylic acids is 1. The number of benzene rings is 1. The van der Waals surface area contributed by atoms with Crippen LogP contribution in [0.15, 0.2) is 59.5 Å². The highest BCUT2D eigenvalue weighted by molar-refractivity contribution is 5.92. The fourth-order valence-corrected chi connectivity index (χ4v) is 3.18. The molecule has 0 bridgehead atoms. The number of ether oxygens (including phenoxy) is 1. The SMILES string of the molecule is COC1=CCCC(C2CC(=O)C=C(Nc3ccccc3N)C2)=C1. The number of carbonyl (C=O) groups is 1. The van der Waals surface area contributed by atoms with Crippen molar-refractivity contribution < 1.29 is 9.53 Å². The molecule has 2 aliphatic carbocycles. The number of para-hydroxylation sites is 2. The maximum absolute atomic E-state index is 12.1. The molecule has 1 atom stereocenters. The monoisotopic (exact) mass is 310 g/mol. The van der Waals surface area contributed by atoms with Crippen molar-refractivity contribution >= 4 is 17.2 Å². The molecule has 1 aromatic rings. The van der Waals surface area contributed by atoms with Gasteiger partial charge in [-0.05, 0) is 49.5 Å². The molecule has 120 valence electrons. The summed E-state index contributed by atoms with van der Waals surface area (Å²) < 4.78 is 5.33. The number of hydrogen-bond donors (Lipinski definition) is 2. The second-order valence-corrected chi connectivity index (χ2v) is 6.02. The van der Waals surface area contributed by atoms with Crippen LogP contribution in [-0.2, 0) is 9.53 Å². The Kier molecular flexibility index (Phi) is 4.51. The summed E-state index contributed by atoms with van der Waals surface area (Å²) in [5, 5.41) is 3.32. The van der Waals surface area contributed by atoms with Gasteiger partial charge in [0.1, 0.15) is 5.76 Å². The molecule has 4 heteroatoms. The molecule has 0 aromatic heterocycles. The third kappa shape index (κ3) is 3.65. The van der Waals surface area contributed by atoms with Gasteiger partial charge in [-0.25, -0.2) is 0 Å². The lowest BCUT2D eigenvalue weighted by atomic mass is 9.81. The minimum Gasteiger partial charge on any atom is -0.497 e. The topological polar surface area (TPSA) is 64.3 Å². The van der Waals surface area contributed by atoms with Crippen molar-refractivity contribution in [3.8, 4) is 0 Å². The predicted molar refractivity (Wildman–Crippen MR) is 92.7 cm³/mol. The number of nitrogen functional groups attached to an aromatic ring is 1. The second kappa shape index (κ2) is 6.73. The Labute approximate surface area is 136 Å². The zero-order valence-corrected chi connectivity index (χ0v) is 13.3. The van der Waals surface area contributed by atoms with Gasteiger partial charge in [-0.2, -0.15) is 0 Å². The molecule has 3 rings (SSSR count). The molecule has 0 fully saturated rings. The summed E-state index contributed by atoms with van der Waals surface area (Å²) in [5.74, 6) is 1.29. The average molecular weight is 310 g/mol. The maximum atomic E-state index is 12.1. The van der Waals surface area contributed by atoms with Crippen molar-refractivity contribution in [3.63, 3.8) is 0 Å². The number of nitrogens with two attached hydrogens (primary N) is 1. The fourth-order valence-electron chi connectivity index (χ4n) is 3.18. The van der Waals surface area contributed by atoms with E-state index in [4.69, 9.17) is 10.5 Å². The first-order chi connectivity index (χ1) is 11.2. The molecule has 0 radical (unpaired) electrons. The van der Waals surface area contributed by atoms with Gasteiger partial charge in [0.15, 0.2) is 5.78 Å². The van der Waals surface area contributed by atoms with Gasteiger partial charge in [0.25, 0.3) is 0 Å². The molecular formula is C19H22N2O2. The first kappa shape index (κ1) is 15.4. The Hall–Kier alpha value is -2.49. The molecule has 1 aromatic carbocycles. The summed E-state index contributed by atoms with van der Waals surface area (Å²) in [5.41, 5.74) is 9.74. The minimum atomic E-state index is 0.160. The fraction of sp³-hybridized carbons (Fsp3) is 0.316. The summed E-state index contributed by atoms with van der Waals surface area (Å²) >= 11 is 0. The van der Waals surface area contributed by atoms with Crippen LogP contribution < -0.4 is 11.1 Å². The Morgan fingerprint density at radius 1 is 1.22 bits per heavy atom. The summed E-state index contributed by atoms with van der Waals surface area (Å²) in [6.45, 7) is 0. The molecular weight excluding hydrogens is 288 g/mol. The first-order valence-electron chi connectivity index (χ1n) is 7.95. The highest BCUT2D eigenvalue weighted by Crippen LogP contribution is 2.34. The number of allylic oxidation sites excluding steroid dienone is 5. The molecule has 2 aliphatic rings. The molecule has 23 heavy (non-hydrogen) atoms. The Bertz CT molecular complexity index is 701. The van der Waals surface area contributed by atoms with Crippen LogP contribution >= 0.6 is 0 Å². The van der Waals surface area contributed by atoms with Gasteiger partial charge >= 0.3 is 0 Å². The van der Waals surface area contributed by atoms with Crippen molar-refractivity contribution in [1.82, 2.24) is 0 Å². The van der Waals surface area contributed by atoms with E-state index < -0.39 is 0 Å². The summed E-state index contributed by atoms with van der Waals surface area (Å²) in [6.07, 6.45) is 9.24. The number of nitrogens with one attached hydrogen (secondary N) is 1. The molecule has 0 saturated carbocycles. The molecule has 0 aliphatic heterocycles. The number of ketones is 1. The molecule has 1 unspecified atom stereocenters. The largest absolute Gasteiger partial charge is 0.497 e. The van der Waals surface area contributed by atoms with Crippen molar-refractivity contribution in [3.05, 3.63) is 59.5 Å². The Balaban J connectivity index is 1.77. The normalized spacial score (nSPS) is 21.2. The van der Waals surface area contributed by atoms with E-state index in [0.717, 1.165) is 36.4 Å². The Morgan fingerprint density at radius 2 is 2.04 bits per heavy atom. The van der Waals surface area contributed by atoms with Crippen LogP contribution in [0.1, 0.15) is 25.7 Å². The highest BCUT2D eigenvalue weighted by Gasteiger charge is 2.25. The van der Waals surface area contributed by atoms with E-state index >= 15 is 0 Å². The van der Waals surface area contributed by atoms with E-state index in [0.29, 0.717) is 12.1 Å². The highest BCUT2D eigenvalue weighted by atomic mass is 16.5. The van der Waals surface area contributed by atoms with Crippen molar-refractivity contribution in [2.75, 3.05) is 18.2 Å². The number of methoxy groups -OCH3 is 1. The van der Waals surface area contributed by atoms with E-state index in [-0.39, 0.29) is 11.7 Å². The van der Waals surface area contributed by atoms with E-state index in [2.05, 4.69) is 17.5 Å². The van der Waals surface area contributed by atoms with Crippen molar-refractivity contribution in [2.45, 2.75) is 25.7 Å². The van der Waals surface area contributed by atoms with Gasteiger partial charge in [0.2, 0.25) is 0 Å². The minimum absolute atomic E-state index is 0.160. The third-order valence-corrected chi connectivity index (χ3v) is 4.37. The van der Waals surface area contributed by atoms with Crippen LogP contribution in [0, 0.1) is 5.92 Å². The van der Waals surface area contributed by atoms with Gasteiger partial charge in [-0.1, -0.05) is 17.7 Å². The van der Waals surface area contributed by atoms with E-state index in [9.17, 15) is 4.79 Å². The van der Waals surface area contributed by atoms with Crippen LogP contribution in [0.4, 0.5) is 11.4 Å². The van der Waals surface area contributed by atoms with Crippen molar-refractivity contribution in [2.24, 2.45) is 5.92 Å². The third-order valence-electron chi connectivity index (χ3n) is 4.37.